The highest BCUT2D eigenvalue weighted by molar-refractivity contribution is 14.1. The lowest BCUT2D eigenvalue weighted by Gasteiger charge is -1.91. The fourth-order valence-electron chi connectivity index (χ4n) is 0.716. The Morgan fingerprint density at radius 3 is 2.64 bits per heavy atom. The second-order valence-electron chi connectivity index (χ2n) is 1.86. The fraction of sp³-hybridized carbons (Fsp3) is 0. The number of pyridine rings is 1. The van der Waals surface area contributed by atoms with Crippen molar-refractivity contribution < 1.29 is 0 Å². The van der Waals surface area contributed by atoms with Gasteiger partial charge < -0.3 is 0 Å². The summed E-state index contributed by atoms with van der Waals surface area (Å²) in [6.07, 6.45) is 1.81. The van der Waals surface area contributed by atoms with Gasteiger partial charge in [0.2, 0.25) is 0 Å². The molecule has 2 heterocycles. The molecule has 56 valence electrons. The molecular weight excluding hydrogens is 388 g/mol. The smallest absolute Gasteiger partial charge is 0.137 e. The fourth-order valence-corrected chi connectivity index (χ4v) is 2.64. The van der Waals surface area contributed by atoms with Crippen molar-refractivity contribution in [3.05, 3.63) is 13.5 Å². The molecule has 11 heavy (non-hydrogen) atoms. The molecule has 0 N–H and O–H groups in total. The first-order chi connectivity index (χ1) is 5.29. The molecule has 6 heteroatoms. The van der Waals surface area contributed by atoms with E-state index >= 15 is 0 Å². The lowest BCUT2D eigenvalue weighted by atomic mass is 10.4. The van der Waals surface area contributed by atoms with Crippen LogP contribution in [0.15, 0.2) is 6.20 Å². The largest absolute Gasteiger partial charge is 0.247 e. The maximum Gasteiger partial charge on any atom is 0.137 e. The summed E-state index contributed by atoms with van der Waals surface area (Å²) >= 11 is 5.60. The summed E-state index contributed by atoms with van der Waals surface area (Å²) in [4.78, 5) is 4.16. The van der Waals surface area contributed by atoms with Crippen LogP contribution in [0.4, 0.5) is 0 Å². The summed E-state index contributed by atoms with van der Waals surface area (Å²) < 4.78 is 10.3. The first-order valence-electron chi connectivity index (χ1n) is 2.71. The Morgan fingerprint density at radius 1 is 1.18 bits per heavy atom. The monoisotopic (exact) mass is 389 g/mol. The quantitative estimate of drug-likeness (QED) is 0.513. The average Bonchev–Trinajstić information content (AvgIpc) is 2.45. The van der Waals surface area contributed by atoms with Gasteiger partial charge in [0.25, 0.3) is 0 Å². The van der Waals surface area contributed by atoms with Crippen LogP contribution in [0, 0.1) is 7.27 Å². The highest BCUT2D eigenvalue weighted by Gasteiger charge is 2.06. The van der Waals surface area contributed by atoms with Crippen LogP contribution in [0.2, 0.25) is 0 Å². The van der Waals surface area contributed by atoms with Crippen LogP contribution >= 0.6 is 56.9 Å². The standard InChI is InChI=1S/C5HI2N3S/c6-2-1-8-5(7)4-3(2)9-11-10-4/h1H. The minimum absolute atomic E-state index is 0.919. The Bertz CT molecular complexity index is 364. The van der Waals surface area contributed by atoms with E-state index in [1.54, 1.807) is 0 Å². The van der Waals surface area contributed by atoms with Crippen molar-refractivity contribution in [2.24, 2.45) is 0 Å². The van der Waals surface area contributed by atoms with E-state index in [-0.39, 0.29) is 0 Å². The van der Waals surface area contributed by atoms with Crippen molar-refractivity contribution in [2.45, 2.75) is 0 Å². The molecule has 0 atom stereocenters. The topological polar surface area (TPSA) is 38.7 Å². The number of aromatic nitrogens is 3. The molecule has 0 amide bonds. The number of fused-ring (bicyclic) bond motifs is 1. The zero-order valence-electron chi connectivity index (χ0n) is 5.08. The summed E-state index contributed by atoms with van der Waals surface area (Å²) in [6, 6.07) is 0. The van der Waals surface area contributed by atoms with Gasteiger partial charge >= 0.3 is 0 Å². The number of rotatable bonds is 0. The predicted molar refractivity (Wildman–Crippen MR) is 60.6 cm³/mol. The van der Waals surface area contributed by atoms with Gasteiger partial charge in [0.1, 0.15) is 14.7 Å². The molecular formula is C5HI2N3S. The van der Waals surface area contributed by atoms with Gasteiger partial charge in [-0.1, -0.05) is 0 Å². The molecule has 2 aromatic rings. The van der Waals surface area contributed by atoms with E-state index < -0.39 is 0 Å². The molecule has 0 aliphatic carbocycles. The van der Waals surface area contributed by atoms with Crippen molar-refractivity contribution in [2.75, 3.05) is 0 Å². The third-order valence-electron chi connectivity index (χ3n) is 1.20. The summed E-state index contributed by atoms with van der Waals surface area (Å²) in [5.41, 5.74) is 1.89. The first-order valence-corrected chi connectivity index (χ1v) is 5.60. The summed E-state index contributed by atoms with van der Waals surface area (Å²) in [6.45, 7) is 0. The third-order valence-corrected chi connectivity index (χ3v) is 3.31. The van der Waals surface area contributed by atoms with Gasteiger partial charge in [-0.3, -0.25) is 0 Å². The van der Waals surface area contributed by atoms with Crippen LogP contribution in [-0.4, -0.2) is 13.7 Å². The van der Waals surface area contributed by atoms with Crippen molar-refractivity contribution in [3.8, 4) is 0 Å². The number of hydrogen-bond donors (Lipinski definition) is 0. The van der Waals surface area contributed by atoms with Crippen LogP contribution in [0.5, 0.6) is 0 Å². The highest BCUT2D eigenvalue weighted by Crippen LogP contribution is 2.20. The van der Waals surface area contributed by atoms with Crippen LogP contribution in [0.25, 0.3) is 11.0 Å². The zero-order valence-corrected chi connectivity index (χ0v) is 10.2. The van der Waals surface area contributed by atoms with E-state index in [4.69, 9.17) is 0 Å². The van der Waals surface area contributed by atoms with Gasteiger partial charge in [0, 0.05) is 6.20 Å². The molecule has 0 aliphatic rings. The van der Waals surface area contributed by atoms with Gasteiger partial charge in [-0.25, -0.2) is 4.98 Å². The molecule has 0 saturated heterocycles. The van der Waals surface area contributed by atoms with Gasteiger partial charge in [0.15, 0.2) is 0 Å². The maximum absolute atomic E-state index is 4.16. The Balaban J connectivity index is 2.96. The van der Waals surface area contributed by atoms with Crippen LogP contribution < -0.4 is 0 Å². The van der Waals surface area contributed by atoms with E-state index in [1.807, 2.05) is 6.20 Å². The average molecular weight is 389 g/mol. The summed E-state index contributed by atoms with van der Waals surface area (Å²) in [5.74, 6) is 0. The molecule has 0 aliphatic heterocycles. The molecule has 0 aromatic carbocycles. The van der Waals surface area contributed by atoms with E-state index in [0.717, 1.165) is 18.3 Å². The molecule has 0 spiro atoms. The third kappa shape index (κ3) is 1.35. The maximum atomic E-state index is 4.16. The minimum atomic E-state index is 0.919. The van der Waals surface area contributed by atoms with Crippen molar-refractivity contribution in [1.29, 1.82) is 0 Å². The lowest BCUT2D eigenvalue weighted by molar-refractivity contribution is 1.28. The molecule has 0 unspecified atom stereocenters. The van der Waals surface area contributed by atoms with Gasteiger partial charge in [-0.05, 0) is 45.2 Å². The zero-order chi connectivity index (χ0) is 7.84. The number of hydrogen-bond acceptors (Lipinski definition) is 4. The molecule has 0 radical (unpaired) electrons. The van der Waals surface area contributed by atoms with E-state index in [9.17, 15) is 0 Å². The molecule has 0 fully saturated rings. The molecule has 2 rings (SSSR count). The Hall–Kier alpha value is 0.430. The Morgan fingerprint density at radius 2 is 1.91 bits per heavy atom. The summed E-state index contributed by atoms with van der Waals surface area (Å²) in [7, 11) is 0. The second kappa shape index (κ2) is 3.05. The van der Waals surface area contributed by atoms with Crippen LogP contribution in [0.3, 0.4) is 0 Å². The highest BCUT2D eigenvalue weighted by atomic mass is 127. The van der Waals surface area contributed by atoms with Crippen molar-refractivity contribution in [3.63, 3.8) is 0 Å². The first kappa shape index (κ1) is 8.05. The number of halogens is 2. The minimum Gasteiger partial charge on any atom is -0.247 e. The van der Waals surface area contributed by atoms with E-state index in [1.165, 1.54) is 11.7 Å². The lowest BCUT2D eigenvalue weighted by Crippen LogP contribution is -1.84. The SMILES string of the molecule is Ic1cnc(I)c2nsnc12. The van der Waals surface area contributed by atoms with Crippen molar-refractivity contribution >= 4 is 67.9 Å². The van der Waals surface area contributed by atoms with E-state index in [0.29, 0.717) is 0 Å². The van der Waals surface area contributed by atoms with Crippen LogP contribution in [0.1, 0.15) is 0 Å². The Labute approximate surface area is 94.2 Å². The van der Waals surface area contributed by atoms with Crippen molar-refractivity contribution in [1.82, 2.24) is 13.7 Å². The normalized spacial score (nSPS) is 10.7. The van der Waals surface area contributed by atoms with Gasteiger partial charge in [-0.2, -0.15) is 8.75 Å². The Kier molecular flexibility index (Phi) is 2.23. The molecule has 0 bridgehead atoms. The number of nitrogens with zero attached hydrogens (tertiary/aromatic N) is 3. The molecule has 2 aromatic heterocycles. The second-order valence-corrected chi connectivity index (χ2v) is 4.57. The molecule has 0 saturated carbocycles. The predicted octanol–water partition coefficient (Wildman–Crippen LogP) is 2.30. The van der Waals surface area contributed by atoms with Crippen LogP contribution in [-0.2, 0) is 0 Å². The molecule has 3 nitrogen and oxygen atoms in total. The van der Waals surface area contributed by atoms with E-state index in [2.05, 4.69) is 58.9 Å². The summed E-state index contributed by atoms with van der Waals surface area (Å²) in [5, 5.41) is 0. The van der Waals surface area contributed by atoms with Gasteiger partial charge in [0.05, 0.1) is 15.3 Å². The van der Waals surface area contributed by atoms with Gasteiger partial charge in [-0.15, -0.1) is 0 Å².